The van der Waals surface area contributed by atoms with Crippen LogP contribution < -0.4 is 5.32 Å². The molecule has 0 bridgehead atoms. The van der Waals surface area contributed by atoms with Crippen molar-refractivity contribution in [3.05, 3.63) is 24.3 Å². The number of amides is 2. The van der Waals surface area contributed by atoms with Gasteiger partial charge in [0.15, 0.2) is 0 Å². The van der Waals surface area contributed by atoms with Crippen molar-refractivity contribution in [2.75, 3.05) is 18.4 Å². The van der Waals surface area contributed by atoms with Gasteiger partial charge in [0, 0.05) is 18.0 Å². The standard InChI is InChI=1S/C12H16N2OS/c15-12(14-8-4-1-5-9-14)13-10-6-2-3-7-11(10)16/h2-3,6-7,16H,1,4-5,8-9H2,(H,13,15). The third-order valence-electron chi connectivity index (χ3n) is 2.79. The number of carbonyl (C=O) groups excluding carboxylic acids is 1. The zero-order chi connectivity index (χ0) is 11.4. The van der Waals surface area contributed by atoms with Crippen LogP contribution in [0.4, 0.5) is 10.5 Å². The number of urea groups is 1. The molecule has 1 aromatic rings. The van der Waals surface area contributed by atoms with Crippen molar-refractivity contribution in [3.63, 3.8) is 0 Å². The van der Waals surface area contributed by atoms with Crippen LogP contribution >= 0.6 is 12.6 Å². The van der Waals surface area contributed by atoms with Crippen molar-refractivity contribution >= 4 is 24.3 Å². The van der Waals surface area contributed by atoms with E-state index in [0.29, 0.717) is 0 Å². The number of piperidine rings is 1. The van der Waals surface area contributed by atoms with Crippen LogP contribution in [0.3, 0.4) is 0 Å². The van der Waals surface area contributed by atoms with Gasteiger partial charge in [0.25, 0.3) is 0 Å². The summed E-state index contributed by atoms with van der Waals surface area (Å²) in [5, 5.41) is 2.89. The van der Waals surface area contributed by atoms with Gasteiger partial charge in [0.2, 0.25) is 0 Å². The Hall–Kier alpha value is -1.16. The fourth-order valence-corrected chi connectivity index (χ4v) is 2.09. The first kappa shape index (κ1) is 11.3. The van der Waals surface area contributed by atoms with Gasteiger partial charge in [-0.25, -0.2) is 4.79 Å². The van der Waals surface area contributed by atoms with Gasteiger partial charge in [-0.2, -0.15) is 0 Å². The quantitative estimate of drug-likeness (QED) is 0.722. The van der Waals surface area contributed by atoms with E-state index in [-0.39, 0.29) is 6.03 Å². The fourth-order valence-electron chi connectivity index (χ4n) is 1.87. The highest BCUT2D eigenvalue weighted by Gasteiger charge is 2.16. The molecule has 1 saturated heterocycles. The summed E-state index contributed by atoms with van der Waals surface area (Å²) in [7, 11) is 0. The molecule has 4 heteroatoms. The van der Waals surface area contributed by atoms with Crippen LogP contribution in [0.25, 0.3) is 0 Å². The maximum Gasteiger partial charge on any atom is 0.321 e. The van der Waals surface area contributed by atoms with Gasteiger partial charge >= 0.3 is 6.03 Å². The van der Waals surface area contributed by atoms with Crippen LogP contribution in [0.2, 0.25) is 0 Å². The highest BCUT2D eigenvalue weighted by atomic mass is 32.1. The Balaban J connectivity index is 1.99. The summed E-state index contributed by atoms with van der Waals surface area (Å²) in [4.78, 5) is 14.6. The summed E-state index contributed by atoms with van der Waals surface area (Å²) >= 11 is 4.30. The van der Waals surface area contributed by atoms with Gasteiger partial charge in [-0.3, -0.25) is 0 Å². The van der Waals surface area contributed by atoms with Crippen molar-refractivity contribution in [1.29, 1.82) is 0 Å². The number of carbonyl (C=O) groups is 1. The lowest BCUT2D eigenvalue weighted by Gasteiger charge is -2.27. The second kappa shape index (κ2) is 5.25. The topological polar surface area (TPSA) is 32.3 Å². The van der Waals surface area contributed by atoms with Gasteiger partial charge in [-0.05, 0) is 31.4 Å². The average Bonchev–Trinajstić information content (AvgIpc) is 2.33. The molecule has 0 aliphatic carbocycles. The van der Waals surface area contributed by atoms with Gasteiger partial charge in [0.1, 0.15) is 0 Å². The molecule has 1 aliphatic rings. The molecule has 0 atom stereocenters. The maximum atomic E-state index is 11.9. The van der Waals surface area contributed by atoms with E-state index < -0.39 is 0 Å². The van der Waals surface area contributed by atoms with Crippen molar-refractivity contribution in [1.82, 2.24) is 4.90 Å². The van der Waals surface area contributed by atoms with Crippen LogP contribution in [0.1, 0.15) is 19.3 Å². The molecule has 86 valence electrons. The zero-order valence-corrected chi connectivity index (χ0v) is 10.0. The Morgan fingerprint density at radius 1 is 1.19 bits per heavy atom. The predicted octanol–water partition coefficient (Wildman–Crippen LogP) is 2.99. The van der Waals surface area contributed by atoms with E-state index in [9.17, 15) is 4.79 Å². The van der Waals surface area contributed by atoms with Crippen molar-refractivity contribution in [2.24, 2.45) is 0 Å². The van der Waals surface area contributed by atoms with Crippen LogP contribution in [0.15, 0.2) is 29.2 Å². The Morgan fingerprint density at radius 3 is 2.56 bits per heavy atom. The highest BCUT2D eigenvalue weighted by Crippen LogP contribution is 2.19. The SMILES string of the molecule is O=C(Nc1ccccc1S)N1CCCCC1. The molecule has 3 nitrogen and oxygen atoms in total. The number of thiol groups is 1. The van der Waals surface area contributed by atoms with Gasteiger partial charge in [-0.1, -0.05) is 12.1 Å². The van der Waals surface area contributed by atoms with E-state index in [2.05, 4.69) is 17.9 Å². The molecule has 0 aromatic heterocycles. The van der Waals surface area contributed by atoms with E-state index in [1.807, 2.05) is 29.2 Å². The Bertz CT molecular complexity index is 375. The molecule has 1 heterocycles. The smallest absolute Gasteiger partial charge is 0.321 e. The molecule has 1 fully saturated rings. The van der Waals surface area contributed by atoms with Gasteiger partial charge in [0.05, 0.1) is 5.69 Å². The van der Waals surface area contributed by atoms with E-state index in [0.717, 1.165) is 36.5 Å². The fraction of sp³-hybridized carbons (Fsp3) is 0.417. The minimum Gasteiger partial charge on any atom is -0.325 e. The lowest BCUT2D eigenvalue weighted by atomic mass is 10.1. The molecule has 0 saturated carbocycles. The molecule has 2 amide bonds. The summed E-state index contributed by atoms with van der Waals surface area (Å²) in [6, 6.07) is 7.52. The van der Waals surface area contributed by atoms with E-state index in [1.165, 1.54) is 6.42 Å². The number of nitrogens with one attached hydrogen (secondary N) is 1. The van der Waals surface area contributed by atoms with Crippen molar-refractivity contribution in [3.8, 4) is 0 Å². The molecule has 0 radical (unpaired) electrons. The number of hydrogen-bond acceptors (Lipinski definition) is 2. The highest BCUT2D eigenvalue weighted by molar-refractivity contribution is 7.80. The molecule has 1 N–H and O–H groups in total. The normalized spacial score (nSPS) is 15.9. The molecular weight excluding hydrogens is 220 g/mol. The van der Waals surface area contributed by atoms with Crippen LogP contribution in [-0.2, 0) is 0 Å². The third-order valence-corrected chi connectivity index (χ3v) is 3.18. The summed E-state index contributed by atoms with van der Waals surface area (Å²) in [6.07, 6.45) is 3.44. The molecular formula is C12H16N2OS. The second-order valence-corrected chi connectivity index (χ2v) is 4.48. The summed E-state index contributed by atoms with van der Waals surface area (Å²) < 4.78 is 0. The van der Waals surface area contributed by atoms with Crippen LogP contribution in [-0.4, -0.2) is 24.0 Å². The third kappa shape index (κ3) is 2.70. The monoisotopic (exact) mass is 236 g/mol. The number of likely N-dealkylation sites (tertiary alicyclic amines) is 1. The number of rotatable bonds is 1. The molecule has 16 heavy (non-hydrogen) atoms. The molecule has 1 aromatic carbocycles. The Morgan fingerprint density at radius 2 is 1.88 bits per heavy atom. The van der Waals surface area contributed by atoms with E-state index >= 15 is 0 Å². The minimum atomic E-state index is -0.0128. The number of benzene rings is 1. The lowest BCUT2D eigenvalue weighted by molar-refractivity contribution is 0.200. The first-order chi connectivity index (χ1) is 7.77. The van der Waals surface area contributed by atoms with Crippen LogP contribution in [0, 0.1) is 0 Å². The van der Waals surface area contributed by atoms with E-state index in [4.69, 9.17) is 0 Å². The molecule has 0 unspecified atom stereocenters. The van der Waals surface area contributed by atoms with E-state index in [1.54, 1.807) is 0 Å². The van der Waals surface area contributed by atoms with Crippen molar-refractivity contribution in [2.45, 2.75) is 24.2 Å². The van der Waals surface area contributed by atoms with Gasteiger partial charge in [-0.15, -0.1) is 12.6 Å². The summed E-state index contributed by atoms with van der Waals surface area (Å²) in [5.74, 6) is 0. The van der Waals surface area contributed by atoms with Gasteiger partial charge < -0.3 is 10.2 Å². The average molecular weight is 236 g/mol. The first-order valence-electron chi connectivity index (χ1n) is 5.61. The summed E-state index contributed by atoms with van der Waals surface area (Å²) in [5.41, 5.74) is 0.779. The predicted molar refractivity (Wildman–Crippen MR) is 68.1 cm³/mol. The maximum absolute atomic E-state index is 11.9. The largest absolute Gasteiger partial charge is 0.325 e. The first-order valence-corrected chi connectivity index (χ1v) is 6.06. The number of nitrogens with zero attached hydrogens (tertiary/aromatic N) is 1. The number of hydrogen-bond donors (Lipinski definition) is 2. The number of anilines is 1. The van der Waals surface area contributed by atoms with Crippen LogP contribution in [0.5, 0.6) is 0 Å². The number of para-hydroxylation sites is 1. The zero-order valence-electron chi connectivity index (χ0n) is 9.15. The summed E-state index contributed by atoms with van der Waals surface area (Å²) in [6.45, 7) is 1.72. The van der Waals surface area contributed by atoms with Crippen molar-refractivity contribution < 1.29 is 4.79 Å². The minimum absolute atomic E-state index is 0.0128. The Labute approximate surface area is 101 Å². The second-order valence-electron chi connectivity index (χ2n) is 4.00. The Kier molecular flexibility index (Phi) is 3.72. The molecule has 0 spiro atoms. The molecule has 1 aliphatic heterocycles. The lowest BCUT2D eigenvalue weighted by Crippen LogP contribution is -2.38. The molecule has 2 rings (SSSR count).